The topological polar surface area (TPSA) is 224 Å². The Bertz CT molecular complexity index is 1260. The fraction of sp³-hybridized carbons (Fsp3) is 0.500. The van der Waals surface area contributed by atoms with Crippen LogP contribution in [-0.4, -0.2) is 106 Å². The van der Waals surface area contributed by atoms with Crippen molar-refractivity contribution >= 4 is 23.7 Å². The first kappa shape index (κ1) is 36.5. The Balaban J connectivity index is 1.78. The summed E-state index contributed by atoms with van der Waals surface area (Å²) in [5.74, 6) is -2.72. The highest BCUT2D eigenvalue weighted by molar-refractivity contribution is 5.89. The van der Waals surface area contributed by atoms with Gasteiger partial charge in [-0.2, -0.15) is 0 Å². The number of hydrogen-bond donors (Lipinski definition) is 6. The van der Waals surface area contributed by atoms with Gasteiger partial charge < -0.3 is 51.2 Å². The molecule has 3 rings (SSSR count). The van der Waals surface area contributed by atoms with Crippen molar-refractivity contribution < 1.29 is 48.7 Å². The summed E-state index contributed by atoms with van der Waals surface area (Å²) in [5, 5.41) is 33.3. The van der Waals surface area contributed by atoms with Crippen LogP contribution in [0.4, 0.5) is 0 Å². The van der Waals surface area contributed by atoms with Gasteiger partial charge in [0.25, 0.3) is 0 Å². The number of carbonyl (C=O) groups is 4. The van der Waals surface area contributed by atoms with E-state index >= 15 is 0 Å². The highest BCUT2D eigenvalue weighted by atomic mass is 16.6. The molecular weight excluding hydrogens is 600 g/mol. The number of nitrogens with two attached hydrogens (primary N) is 2. The molecule has 1 fully saturated rings. The Kier molecular flexibility index (Phi) is 13.6. The number of amides is 3. The molecule has 1 heterocycles. The number of carbonyl (C=O) groups excluding carboxylic acids is 4. The normalized spacial score (nSPS) is 23.2. The van der Waals surface area contributed by atoms with Crippen LogP contribution < -0.4 is 16.8 Å². The Morgan fingerprint density at radius 1 is 1.00 bits per heavy atom. The summed E-state index contributed by atoms with van der Waals surface area (Å²) in [7, 11) is 0. The monoisotopic (exact) mass is 644 g/mol. The van der Waals surface area contributed by atoms with E-state index in [2.05, 4.69) is 5.32 Å². The number of benzene rings is 2. The molecule has 14 heteroatoms. The molecule has 8 N–H and O–H groups in total. The second-order valence-electron chi connectivity index (χ2n) is 11.3. The highest BCUT2D eigenvalue weighted by Gasteiger charge is 2.46. The van der Waals surface area contributed by atoms with E-state index < -0.39 is 85.2 Å². The Hall–Kier alpha value is -3.92. The van der Waals surface area contributed by atoms with Crippen molar-refractivity contribution in [2.75, 3.05) is 13.2 Å². The van der Waals surface area contributed by atoms with Crippen molar-refractivity contribution in [3.05, 3.63) is 71.8 Å². The molecule has 46 heavy (non-hydrogen) atoms. The molecule has 252 valence electrons. The smallest absolute Gasteiger partial charge is 0.306 e. The maximum Gasteiger partial charge on any atom is 0.306 e. The molecule has 8 atom stereocenters. The number of nitrogens with one attached hydrogen (secondary N) is 1. The van der Waals surface area contributed by atoms with E-state index in [9.17, 15) is 34.5 Å². The average molecular weight is 645 g/mol. The number of hydrogen-bond acceptors (Lipinski definition) is 11. The summed E-state index contributed by atoms with van der Waals surface area (Å²) in [6, 6.07) is 14.7. The van der Waals surface area contributed by atoms with Crippen LogP contribution in [0.5, 0.6) is 0 Å². The molecule has 1 saturated heterocycles. The lowest BCUT2D eigenvalue weighted by Crippen LogP contribution is -2.65. The van der Waals surface area contributed by atoms with Gasteiger partial charge in [-0.3, -0.25) is 19.2 Å². The number of esters is 1. The second kappa shape index (κ2) is 17.1. The van der Waals surface area contributed by atoms with Crippen LogP contribution in [0.25, 0.3) is 0 Å². The number of rotatable bonds is 15. The van der Waals surface area contributed by atoms with Gasteiger partial charge in [0.15, 0.2) is 12.4 Å². The highest BCUT2D eigenvalue weighted by Crippen LogP contribution is 2.27. The van der Waals surface area contributed by atoms with Crippen LogP contribution in [0.2, 0.25) is 0 Å². The molecular formula is C32H44N4O10. The molecule has 0 saturated carbocycles. The second-order valence-corrected chi connectivity index (χ2v) is 11.3. The van der Waals surface area contributed by atoms with E-state index in [0.717, 1.165) is 16.0 Å². The minimum Gasteiger partial charge on any atom is -0.453 e. The molecule has 2 aromatic carbocycles. The first-order valence-corrected chi connectivity index (χ1v) is 15.0. The Labute approximate surface area is 267 Å². The standard InChI is InChI=1S/C32H44N4O10/c1-18(44-29-26(35-20(3)38)32(43)45-24(17-37)27(29)40)16-36(31(42)19(2)33)23(30(34)41)14-15-25(39)46-28(21-10-6-4-7-11-21)22-12-8-5-9-13-22/h4-13,18-19,23-24,26-29,32,37,40,43H,14-17,33H2,1-3H3,(H2,34,41)(H,35,38)/t18?,19-,23+,24+,26+,27+,29+,32-/m0/s1. The number of aliphatic hydroxyl groups is 3. The van der Waals surface area contributed by atoms with Crippen LogP contribution in [0.1, 0.15) is 50.8 Å². The molecule has 0 bridgehead atoms. The fourth-order valence-corrected chi connectivity index (χ4v) is 5.34. The van der Waals surface area contributed by atoms with Crippen LogP contribution >= 0.6 is 0 Å². The van der Waals surface area contributed by atoms with Crippen LogP contribution in [-0.2, 0) is 33.4 Å². The van der Waals surface area contributed by atoms with Gasteiger partial charge in [-0.15, -0.1) is 0 Å². The zero-order valence-electron chi connectivity index (χ0n) is 26.1. The number of aliphatic hydroxyl groups excluding tert-OH is 3. The molecule has 0 aromatic heterocycles. The zero-order valence-corrected chi connectivity index (χ0v) is 26.1. The van der Waals surface area contributed by atoms with E-state index in [1.54, 1.807) is 0 Å². The van der Waals surface area contributed by atoms with E-state index in [4.69, 9.17) is 25.7 Å². The van der Waals surface area contributed by atoms with Crippen LogP contribution in [0, 0.1) is 0 Å². The molecule has 1 aliphatic heterocycles. The van der Waals surface area contributed by atoms with Gasteiger partial charge >= 0.3 is 5.97 Å². The fourth-order valence-electron chi connectivity index (χ4n) is 5.34. The van der Waals surface area contributed by atoms with Gasteiger partial charge in [-0.05, 0) is 31.4 Å². The third kappa shape index (κ3) is 9.79. The first-order valence-electron chi connectivity index (χ1n) is 15.0. The SMILES string of the molecule is CC(=O)N[C@@H]1[C@@H](OC(C)CN(C(=O)[C@H](C)N)[C@H](CCC(=O)OC(c2ccccc2)c2ccccc2)C(N)=O)[C@H](O)[C@@H](CO)O[C@@H]1O. The minimum absolute atomic E-state index is 0.185. The summed E-state index contributed by atoms with van der Waals surface area (Å²) in [4.78, 5) is 52.0. The van der Waals surface area contributed by atoms with Gasteiger partial charge in [0.2, 0.25) is 17.7 Å². The van der Waals surface area contributed by atoms with Gasteiger partial charge in [0.05, 0.1) is 18.8 Å². The molecule has 1 unspecified atom stereocenters. The predicted molar refractivity (Wildman–Crippen MR) is 164 cm³/mol. The van der Waals surface area contributed by atoms with E-state index in [0.29, 0.717) is 0 Å². The molecule has 0 spiro atoms. The molecule has 14 nitrogen and oxygen atoms in total. The van der Waals surface area contributed by atoms with Gasteiger partial charge in [-0.1, -0.05) is 60.7 Å². The summed E-state index contributed by atoms with van der Waals surface area (Å²) < 4.78 is 17.0. The quantitative estimate of drug-likeness (QED) is 0.135. The summed E-state index contributed by atoms with van der Waals surface area (Å²) in [5.41, 5.74) is 13.1. The summed E-state index contributed by atoms with van der Waals surface area (Å²) >= 11 is 0. The van der Waals surface area contributed by atoms with Crippen molar-refractivity contribution in [1.29, 1.82) is 0 Å². The number of primary amides is 1. The molecule has 3 amide bonds. The Morgan fingerprint density at radius 2 is 1.57 bits per heavy atom. The zero-order chi connectivity index (χ0) is 34.0. The van der Waals surface area contributed by atoms with Crippen molar-refractivity contribution in [2.24, 2.45) is 11.5 Å². The first-order chi connectivity index (χ1) is 21.8. The summed E-state index contributed by atoms with van der Waals surface area (Å²) in [6.07, 6.45) is -7.70. The Morgan fingerprint density at radius 3 is 2.04 bits per heavy atom. The van der Waals surface area contributed by atoms with Gasteiger partial charge in [0, 0.05) is 19.9 Å². The van der Waals surface area contributed by atoms with Crippen molar-refractivity contribution in [1.82, 2.24) is 10.2 Å². The lowest BCUT2D eigenvalue weighted by molar-refractivity contribution is -0.268. The molecule has 0 radical (unpaired) electrons. The van der Waals surface area contributed by atoms with Crippen molar-refractivity contribution in [3.8, 4) is 0 Å². The predicted octanol–water partition coefficient (Wildman–Crippen LogP) is -0.522. The third-order valence-corrected chi connectivity index (χ3v) is 7.54. The largest absolute Gasteiger partial charge is 0.453 e. The molecule has 0 aliphatic carbocycles. The van der Waals surface area contributed by atoms with Crippen molar-refractivity contribution in [3.63, 3.8) is 0 Å². The third-order valence-electron chi connectivity index (χ3n) is 7.54. The number of nitrogens with zero attached hydrogens (tertiary/aromatic N) is 1. The van der Waals surface area contributed by atoms with E-state index in [1.165, 1.54) is 20.8 Å². The molecule has 1 aliphatic rings. The maximum absolute atomic E-state index is 13.3. The van der Waals surface area contributed by atoms with E-state index in [1.807, 2.05) is 60.7 Å². The van der Waals surface area contributed by atoms with Gasteiger partial charge in [0.1, 0.15) is 30.4 Å². The average Bonchev–Trinajstić information content (AvgIpc) is 3.02. The minimum atomic E-state index is -1.62. The van der Waals surface area contributed by atoms with Gasteiger partial charge in [-0.25, -0.2) is 0 Å². The van der Waals surface area contributed by atoms with E-state index in [-0.39, 0.29) is 19.4 Å². The van der Waals surface area contributed by atoms with Crippen LogP contribution in [0.15, 0.2) is 60.7 Å². The molecule has 2 aromatic rings. The van der Waals surface area contributed by atoms with Crippen LogP contribution in [0.3, 0.4) is 0 Å². The number of ether oxygens (including phenoxy) is 3. The lowest BCUT2D eigenvalue weighted by atomic mass is 9.96. The lowest BCUT2D eigenvalue weighted by Gasteiger charge is -2.44. The van der Waals surface area contributed by atoms with Crippen molar-refractivity contribution in [2.45, 2.75) is 88.5 Å². The maximum atomic E-state index is 13.3. The summed E-state index contributed by atoms with van der Waals surface area (Å²) in [6.45, 7) is 3.24.